The summed E-state index contributed by atoms with van der Waals surface area (Å²) in [5, 5.41) is 6.38. The van der Waals surface area contributed by atoms with E-state index in [-0.39, 0.29) is 11.9 Å². The number of thiazole rings is 1. The van der Waals surface area contributed by atoms with Gasteiger partial charge < -0.3 is 5.32 Å². The predicted octanol–water partition coefficient (Wildman–Crippen LogP) is 4.36. The molecule has 0 aliphatic carbocycles. The largest absolute Gasteiger partial charge is 0.343 e. The maximum Gasteiger partial charge on any atom is 0.252 e. The first-order valence-electron chi connectivity index (χ1n) is 5.65. The van der Waals surface area contributed by atoms with Gasteiger partial charge in [0.15, 0.2) is 0 Å². The average molecular weight is 360 g/mol. The van der Waals surface area contributed by atoms with E-state index in [2.05, 4.69) is 26.2 Å². The number of hydrogen-bond donors (Lipinski definition) is 1. The molecule has 1 amide bonds. The molecule has 6 heteroatoms. The molecule has 1 heterocycles. The fourth-order valence-corrected chi connectivity index (χ4v) is 3.25. The lowest BCUT2D eigenvalue weighted by atomic mass is 10.2. The number of amides is 1. The summed E-state index contributed by atoms with van der Waals surface area (Å²) >= 11 is 10.7. The van der Waals surface area contributed by atoms with Crippen molar-refractivity contribution in [3.63, 3.8) is 0 Å². The summed E-state index contributed by atoms with van der Waals surface area (Å²) in [7, 11) is 0. The number of hydrogen-bond acceptors (Lipinski definition) is 3. The third-order valence-corrected chi connectivity index (χ3v) is 4.57. The van der Waals surface area contributed by atoms with Crippen LogP contribution >= 0.6 is 38.9 Å². The van der Waals surface area contributed by atoms with E-state index in [1.807, 2.05) is 19.2 Å². The van der Waals surface area contributed by atoms with E-state index in [0.29, 0.717) is 15.1 Å². The molecule has 0 aliphatic heterocycles. The third-order valence-electron chi connectivity index (χ3n) is 2.53. The van der Waals surface area contributed by atoms with E-state index in [9.17, 15) is 4.79 Å². The van der Waals surface area contributed by atoms with E-state index in [0.717, 1.165) is 10.7 Å². The molecule has 1 aromatic heterocycles. The molecule has 1 unspecified atom stereocenters. The second-order valence-corrected chi connectivity index (χ2v) is 6.33. The van der Waals surface area contributed by atoms with Crippen LogP contribution in [0, 0.1) is 6.92 Å². The molecule has 100 valence electrons. The summed E-state index contributed by atoms with van der Waals surface area (Å²) in [5.41, 5.74) is 1.53. The van der Waals surface area contributed by atoms with Gasteiger partial charge in [0, 0.05) is 20.6 Å². The van der Waals surface area contributed by atoms with Crippen LogP contribution in [0.15, 0.2) is 28.1 Å². The molecule has 0 saturated heterocycles. The van der Waals surface area contributed by atoms with Crippen molar-refractivity contribution in [3.8, 4) is 0 Å². The first kappa shape index (κ1) is 14.5. The maximum absolute atomic E-state index is 12.2. The van der Waals surface area contributed by atoms with Crippen molar-refractivity contribution in [1.29, 1.82) is 0 Å². The zero-order valence-corrected chi connectivity index (χ0v) is 13.6. The highest BCUT2D eigenvalue weighted by molar-refractivity contribution is 9.10. The molecule has 3 nitrogen and oxygen atoms in total. The topological polar surface area (TPSA) is 42.0 Å². The van der Waals surface area contributed by atoms with Gasteiger partial charge in [-0.3, -0.25) is 4.79 Å². The molecular weight excluding hydrogens is 348 g/mol. The molecule has 1 atom stereocenters. The number of halogens is 2. The van der Waals surface area contributed by atoms with Crippen molar-refractivity contribution in [3.05, 3.63) is 49.3 Å². The Morgan fingerprint density at radius 1 is 1.53 bits per heavy atom. The number of nitrogens with one attached hydrogen (secondary N) is 1. The summed E-state index contributed by atoms with van der Waals surface area (Å²) < 4.78 is 0.681. The number of nitrogens with zero attached hydrogens (tertiary/aromatic N) is 1. The Morgan fingerprint density at radius 2 is 2.26 bits per heavy atom. The molecular formula is C13H12BrClN2OS. The molecule has 0 spiro atoms. The van der Waals surface area contributed by atoms with Gasteiger partial charge in [-0.1, -0.05) is 11.6 Å². The standard InChI is InChI=1S/C13H12BrClN2OS/c1-7-6-19-13(16-7)8(2)17-12(18)10-4-3-9(15)5-11(10)14/h3-6,8H,1-2H3,(H,17,18). The second kappa shape index (κ2) is 6.03. The fraction of sp³-hybridized carbons (Fsp3) is 0.231. The number of rotatable bonds is 3. The molecule has 2 rings (SSSR count). The smallest absolute Gasteiger partial charge is 0.252 e. The Balaban J connectivity index is 2.12. The molecule has 19 heavy (non-hydrogen) atoms. The van der Waals surface area contributed by atoms with Crippen LogP contribution in [0.3, 0.4) is 0 Å². The molecule has 2 aromatic rings. The number of aromatic nitrogens is 1. The third kappa shape index (κ3) is 3.55. The Labute approximate surface area is 129 Å². The van der Waals surface area contributed by atoms with Gasteiger partial charge in [0.1, 0.15) is 5.01 Å². The van der Waals surface area contributed by atoms with Crippen molar-refractivity contribution in [2.75, 3.05) is 0 Å². The summed E-state index contributed by atoms with van der Waals surface area (Å²) in [6, 6.07) is 4.98. The Kier molecular flexibility index (Phi) is 4.60. The summed E-state index contributed by atoms with van der Waals surface area (Å²) in [6.07, 6.45) is 0. The van der Waals surface area contributed by atoms with Crippen LogP contribution in [-0.4, -0.2) is 10.9 Å². The van der Waals surface area contributed by atoms with E-state index < -0.39 is 0 Å². The summed E-state index contributed by atoms with van der Waals surface area (Å²) in [5.74, 6) is -0.149. The van der Waals surface area contributed by atoms with Crippen LogP contribution in [0.2, 0.25) is 5.02 Å². The van der Waals surface area contributed by atoms with Crippen LogP contribution in [0.4, 0.5) is 0 Å². The van der Waals surface area contributed by atoms with E-state index in [4.69, 9.17) is 11.6 Å². The SMILES string of the molecule is Cc1csc(C(C)NC(=O)c2ccc(Cl)cc2Br)n1. The van der Waals surface area contributed by atoms with E-state index in [1.54, 1.807) is 29.5 Å². The van der Waals surface area contributed by atoms with Gasteiger partial charge >= 0.3 is 0 Å². The zero-order chi connectivity index (χ0) is 14.0. The molecule has 0 saturated carbocycles. The molecule has 0 radical (unpaired) electrons. The lowest BCUT2D eigenvalue weighted by Crippen LogP contribution is -2.26. The number of carbonyl (C=O) groups excluding carboxylic acids is 1. The van der Waals surface area contributed by atoms with Crippen LogP contribution in [0.25, 0.3) is 0 Å². The monoisotopic (exact) mass is 358 g/mol. The number of aryl methyl sites for hydroxylation is 1. The van der Waals surface area contributed by atoms with Gasteiger partial charge in [0.25, 0.3) is 5.91 Å². The average Bonchev–Trinajstić information content (AvgIpc) is 2.75. The number of benzene rings is 1. The maximum atomic E-state index is 12.2. The Morgan fingerprint density at radius 3 is 2.84 bits per heavy atom. The van der Waals surface area contributed by atoms with Gasteiger partial charge in [0.2, 0.25) is 0 Å². The lowest BCUT2D eigenvalue weighted by Gasteiger charge is -2.12. The first-order valence-corrected chi connectivity index (χ1v) is 7.70. The predicted molar refractivity (Wildman–Crippen MR) is 81.9 cm³/mol. The minimum absolute atomic E-state index is 0.117. The van der Waals surface area contributed by atoms with Gasteiger partial charge in [-0.25, -0.2) is 4.98 Å². The highest BCUT2D eigenvalue weighted by Crippen LogP contribution is 2.23. The number of carbonyl (C=O) groups is 1. The van der Waals surface area contributed by atoms with Gasteiger partial charge in [-0.05, 0) is 48.0 Å². The van der Waals surface area contributed by atoms with Crippen LogP contribution in [-0.2, 0) is 0 Å². The minimum Gasteiger partial charge on any atom is -0.343 e. The van der Waals surface area contributed by atoms with E-state index in [1.165, 1.54) is 0 Å². The summed E-state index contributed by atoms with van der Waals surface area (Å²) in [4.78, 5) is 16.5. The lowest BCUT2D eigenvalue weighted by molar-refractivity contribution is 0.0939. The van der Waals surface area contributed by atoms with Crippen molar-refractivity contribution >= 4 is 44.8 Å². The Bertz CT molecular complexity index is 614. The second-order valence-electron chi connectivity index (χ2n) is 4.15. The normalized spacial score (nSPS) is 12.2. The zero-order valence-electron chi connectivity index (χ0n) is 10.4. The van der Waals surface area contributed by atoms with Gasteiger partial charge in [-0.2, -0.15) is 0 Å². The van der Waals surface area contributed by atoms with Gasteiger partial charge in [-0.15, -0.1) is 11.3 Å². The highest BCUT2D eigenvalue weighted by Gasteiger charge is 2.16. The van der Waals surface area contributed by atoms with Crippen LogP contribution in [0.1, 0.15) is 34.0 Å². The first-order chi connectivity index (χ1) is 8.97. The summed E-state index contributed by atoms with van der Waals surface area (Å²) in [6.45, 7) is 3.85. The minimum atomic E-state index is -0.149. The van der Waals surface area contributed by atoms with Crippen molar-refractivity contribution in [1.82, 2.24) is 10.3 Å². The Hall–Kier alpha value is -0.910. The molecule has 1 aromatic carbocycles. The van der Waals surface area contributed by atoms with Gasteiger partial charge in [0.05, 0.1) is 11.6 Å². The molecule has 0 fully saturated rings. The molecule has 0 aliphatic rings. The molecule has 1 N–H and O–H groups in total. The van der Waals surface area contributed by atoms with Crippen molar-refractivity contribution in [2.24, 2.45) is 0 Å². The quantitative estimate of drug-likeness (QED) is 0.885. The van der Waals surface area contributed by atoms with Crippen LogP contribution < -0.4 is 5.32 Å². The molecule has 0 bridgehead atoms. The van der Waals surface area contributed by atoms with Crippen molar-refractivity contribution < 1.29 is 4.79 Å². The highest BCUT2D eigenvalue weighted by atomic mass is 79.9. The van der Waals surface area contributed by atoms with E-state index >= 15 is 0 Å². The van der Waals surface area contributed by atoms with Crippen molar-refractivity contribution in [2.45, 2.75) is 19.9 Å². The fourth-order valence-electron chi connectivity index (χ4n) is 1.58. The van der Waals surface area contributed by atoms with Crippen LogP contribution in [0.5, 0.6) is 0 Å².